The summed E-state index contributed by atoms with van der Waals surface area (Å²) in [5, 5.41) is 17.3. The zero-order valence-electron chi connectivity index (χ0n) is 4.99. The number of ether oxygens (including phenoxy) is 1. The summed E-state index contributed by atoms with van der Waals surface area (Å²) in [6.07, 6.45) is -4.88. The standard InChI is InChI=1S/C5H9FO3/c1-2-3(6)4(7)5(8)9-2/h2-5,7-8H,1H3/t2-,3-,4-,5?/m1/s1. The SMILES string of the molecule is C[C@H]1OC(O)[C@H](O)[C@@H]1F. The van der Waals surface area contributed by atoms with Crippen molar-refractivity contribution in [1.29, 1.82) is 0 Å². The Kier molecular flexibility index (Phi) is 1.70. The van der Waals surface area contributed by atoms with Crippen LogP contribution in [0.2, 0.25) is 0 Å². The van der Waals surface area contributed by atoms with E-state index in [-0.39, 0.29) is 0 Å². The molecule has 0 aliphatic carbocycles. The molecule has 2 N–H and O–H groups in total. The van der Waals surface area contributed by atoms with Crippen molar-refractivity contribution in [3.63, 3.8) is 0 Å². The fourth-order valence-electron chi connectivity index (χ4n) is 0.810. The molecule has 1 aliphatic rings. The summed E-state index contributed by atoms with van der Waals surface area (Å²) in [7, 11) is 0. The van der Waals surface area contributed by atoms with E-state index in [4.69, 9.17) is 10.2 Å². The first-order valence-corrected chi connectivity index (χ1v) is 2.78. The van der Waals surface area contributed by atoms with E-state index in [9.17, 15) is 4.39 Å². The fourth-order valence-corrected chi connectivity index (χ4v) is 0.810. The van der Waals surface area contributed by atoms with E-state index in [1.165, 1.54) is 6.92 Å². The van der Waals surface area contributed by atoms with Gasteiger partial charge in [-0.3, -0.25) is 0 Å². The highest BCUT2D eigenvalue weighted by Gasteiger charge is 2.40. The molecule has 0 aromatic carbocycles. The molecule has 54 valence electrons. The van der Waals surface area contributed by atoms with Gasteiger partial charge in [0.25, 0.3) is 0 Å². The van der Waals surface area contributed by atoms with Gasteiger partial charge in [0, 0.05) is 0 Å². The molecule has 3 nitrogen and oxygen atoms in total. The smallest absolute Gasteiger partial charge is 0.184 e. The predicted molar refractivity (Wildman–Crippen MR) is 27.5 cm³/mol. The minimum absolute atomic E-state index is 0.699. The van der Waals surface area contributed by atoms with Crippen LogP contribution in [0.4, 0.5) is 4.39 Å². The molecule has 1 rings (SSSR count). The van der Waals surface area contributed by atoms with Crippen LogP contribution in [0.25, 0.3) is 0 Å². The van der Waals surface area contributed by atoms with E-state index in [1.807, 2.05) is 0 Å². The van der Waals surface area contributed by atoms with Gasteiger partial charge in [-0.2, -0.15) is 0 Å². The van der Waals surface area contributed by atoms with E-state index >= 15 is 0 Å². The van der Waals surface area contributed by atoms with Crippen LogP contribution in [0.15, 0.2) is 0 Å². The number of rotatable bonds is 0. The van der Waals surface area contributed by atoms with Crippen LogP contribution < -0.4 is 0 Å². The molecule has 0 aromatic rings. The van der Waals surface area contributed by atoms with Crippen molar-refractivity contribution in [1.82, 2.24) is 0 Å². The first kappa shape index (κ1) is 6.92. The number of aliphatic hydroxyl groups is 2. The lowest BCUT2D eigenvalue weighted by Crippen LogP contribution is -2.27. The number of aliphatic hydroxyl groups excluding tert-OH is 2. The molecule has 4 heteroatoms. The highest BCUT2D eigenvalue weighted by atomic mass is 19.1. The summed E-state index contributed by atoms with van der Waals surface area (Å²) >= 11 is 0. The van der Waals surface area contributed by atoms with E-state index in [1.54, 1.807) is 0 Å². The number of halogens is 1. The maximum atomic E-state index is 12.4. The Morgan fingerprint density at radius 3 is 2.11 bits per heavy atom. The van der Waals surface area contributed by atoms with Gasteiger partial charge in [0.15, 0.2) is 12.5 Å². The highest BCUT2D eigenvalue weighted by molar-refractivity contribution is 4.82. The number of hydrogen-bond donors (Lipinski definition) is 2. The molecule has 4 atom stereocenters. The Labute approximate surface area is 52.1 Å². The van der Waals surface area contributed by atoms with Gasteiger partial charge >= 0.3 is 0 Å². The van der Waals surface area contributed by atoms with Crippen LogP contribution in [-0.2, 0) is 4.74 Å². The van der Waals surface area contributed by atoms with E-state index in [2.05, 4.69) is 4.74 Å². The minimum Gasteiger partial charge on any atom is -0.385 e. The van der Waals surface area contributed by atoms with Crippen molar-refractivity contribution in [2.24, 2.45) is 0 Å². The Hall–Kier alpha value is -0.190. The second-order valence-corrected chi connectivity index (χ2v) is 2.17. The molecule has 1 aliphatic heterocycles. The molecule has 1 heterocycles. The average Bonchev–Trinajstić information content (AvgIpc) is 1.98. The first-order valence-electron chi connectivity index (χ1n) is 2.78. The summed E-state index contributed by atoms with van der Waals surface area (Å²) in [5.74, 6) is 0. The zero-order valence-corrected chi connectivity index (χ0v) is 4.99. The zero-order chi connectivity index (χ0) is 7.02. The molecule has 9 heavy (non-hydrogen) atoms. The number of alkyl halides is 1. The second-order valence-electron chi connectivity index (χ2n) is 2.17. The third kappa shape index (κ3) is 1.05. The van der Waals surface area contributed by atoms with Crippen molar-refractivity contribution >= 4 is 0 Å². The maximum Gasteiger partial charge on any atom is 0.184 e. The number of hydrogen-bond acceptors (Lipinski definition) is 3. The minimum atomic E-state index is -1.46. The first-order chi connectivity index (χ1) is 4.13. The Morgan fingerprint density at radius 2 is 2.00 bits per heavy atom. The summed E-state index contributed by atoms with van der Waals surface area (Å²) in [5.41, 5.74) is 0. The fraction of sp³-hybridized carbons (Fsp3) is 1.00. The van der Waals surface area contributed by atoms with Crippen LogP contribution in [0.1, 0.15) is 6.92 Å². The van der Waals surface area contributed by atoms with Crippen LogP contribution in [0, 0.1) is 0 Å². The van der Waals surface area contributed by atoms with Gasteiger partial charge in [0.2, 0.25) is 0 Å². The highest BCUT2D eigenvalue weighted by Crippen LogP contribution is 2.21. The van der Waals surface area contributed by atoms with Crippen molar-refractivity contribution in [3.05, 3.63) is 0 Å². The molecular weight excluding hydrogens is 127 g/mol. The quantitative estimate of drug-likeness (QED) is 0.468. The molecular formula is C5H9FO3. The molecule has 1 saturated heterocycles. The monoisotopic (exact) mass is 136 g/mol. The summed E-state index contributed by atoms with van der Waals surface area (Å²) in [6, 6.07) is 0. The van der Waals surface area contributed by atoms with Crippen LogP contribution in [-0.4, -0.2) is 34.9 Å². The van der Waals surface area contributed by atoms with Crippen LogP contribution in [0.3, 0.4) is 0 Å². The van der Waals surface area contributed by atoms with Gasteiger partial charge in [-0.25, -0.2) is 4.39 Å². The molecule has 1 fully saturated rings. The molecule has 0 bridgehead atoms. The topological polar surface area (TPSA) is 49.7 Å². The Bertz CT molecular complexity index is 96.4. The molecule has 0 aromatic heterocycles. The van der Waals surface area contributed by atoms with Crippen molar-refractivity contribution in [2.75, 3.05) is 0 Å². The van der Waals surface area contributed by atoms with E-state index in [0.29, 0.717) is 0 Å². The van der Waals surface area contributed by atoms with Crippen molar-refractivity contribution in [3.8, 4) is 0 Å². The summed E-state index contributed by atoms with van der Waals surface area (Å²) in [4.78, 5) is 0. The van der Waals surface area contributed by atoms with Gasteiger partial charge in [-0.1, -0.05) is 0 Å². The van der Waals surface area contributed by atoms with Gasteiger partial charge in [0.1, 0.15) is 6.10 Å². The van der Waals surface area contributed by atoms with Crippen molar-refractivity contribution < 1.29 is 19.3 Å². The summed E-state index contributed by atoms with van der Waals surface area (Å²) in [6.45, 7) is 1.46. The van der Waals surface area contributed by atoms with Gasteiger partial charge in [0.05, 0.1) is 6.10 Å². The Morgan fingerprint density at radius 1 is 1.44 bits per heavy atom. The second kappa shape index (κ2) is 2.21. The lowest BCUT2D eigenvalue weighted by atomic mass is 10.2. The third-order valence-electron chi connectivity index (χ3n) is 1.42. The molecule has 1 unspecified atom stereocenters. The van der Waals surface area contributed by atoms with Crippen molar-refractivity contribution in [2.45, 2.75) is 31.6 Å². The molecule has 0 radical (unpaired) electrons. The maximum absolute atomic E-state index is 12.4. The molecule has 0 spiro atoms. The predicted octanol–water partition coefficient (Wildman–Crippen LogP) is -0.577. The van der Waals surface area contributed by atoms with Crippen LogP contribution >= 0.6 is 0 Å². The third-order valence-corrected chi connectivity index (χ3v) is 1.42. The normalized spacial score (nSPS) is 52.0. The van der Waals surface area contributed by atoms with Gasteiger partial charge in [-0.15, -0.1) is 0 Å². The van der Waals surface area contributed by atoms with Gasteiger partial charge in [-0.05, 0) is 6.92 Å². The lowest BCUT2D eigenvalue weighted by molar-refractivity contribution is -0.123. The average molecular weight is 136 g/mol. The van der Waals surface area contributed by atoms with Crippen LogP contribution in [0.5, 0.6) is 0 Å². The molecule has 0 saturated carbocycles. The summed E-state index contributed by atoms with van der Waals surface area (Å²) < 4.78 is 16.9. The molecule has 0 amide bonds. The van der Waals surface area contributed by atoms with E-state index < -0.39 is 24.7 Å². The Balaban J connectivity index is 2.54. The van der Waals surface area contributed by atoms with E-state index in [0.717, 1.165) is 0 Å². The largest absolute Gasteiger partial charge is 0.385 e. The van der Waals surface area contributed by atoms with Gasteiger partial charge < -0.3 is 14.9 Å². The lowest BCUT2D eigenvalue weighted by Gasteiger charge is -2.04.